The van der Waals surface area contributed by atoms with Gasteiger partial charge < -0.3 is 28.5 Å². The van der Waals surface area contributed by atoms with Crippen molar-refractivity contribution in [1.82, 2.24) is 5.32 Å². The van der Waals surface area contributed by atoms with Crippen LogP contribution >= 0.6 is 7.82 Å². The molecule has 0 bridgehead atoms. The number of likely N-dealkylation sites (N-methyl/N-ethyl adjacent to an activating group) is 1. The SMILES string of the molecule is CCCCC/C=C\C/C=C\C/C=C\CCCCCCCCCCCCC(=O)OC(/C=C/CCCCCCCCCCC)C(COP(=O)([O-])OCC[N+](C)(C)C)NC(=O)CCCCCCCCCCCCCCCCCC. The first kappa shape index (κ1) is 74.0. The van der Waals surface area contributed by atoms with Gasteiger partial charge in [0.1, 0.15) is 19.3 Å². The number of carbonyl (C=O) groups excluding carboxylic acids is 2. The molecule has 0 aliphatic heterocycles. The van der Waals surface area contributed by atoms with Crippen LogP contribution in [0.25, 0.3) is 0 Å². The normalized spacial score (nSPS) is 13.9. The second-order valence-electron chi connectivity index (χ2n) is 23.3. The van der Waals surface area contributed by atoms with Crippen LogP contribution in [0.15, 0.2) is 48.6 Å². The molecular formula is C66H125N2O7P. The molecule has 1 N–H and O–H groups in total. The van der Waals surface area contributed by atoms with Crippen LogP contribution in [0.1, 0.15) is 310 Å². The van der Waals surface area contributed by atoms with Gasteiger partial charge >= 0.3 is 5.97 Å². The number of phosphoric acid groups is 1. The molecule has 3 atom stereocenters. The third-order valence-electron chi connectivity index (χ3n) is 14.5. The molecule has 0 aromatic carbocycles. The fraction of sp³-hybridized carbons (Fsp3) is 0.848. The van der Waals surface area contributed by atoms with Crippen LogP contribution in [0, 0.1) is 0 Å². The minimum absolute atomic E-state index is 0.0214. The predicted octanol–water partition coefficient (Wildman–Crippen LogP) is 19.4. The maximum atomic E-state index is 13.5. The molecule has 0 aromatic heterocycles. The van der Waals surface area contributed by atoms with Crippen LogP contribution < -0.4 is 10.2 Å². The summed E-state index contributed by atoms with van der Waals surface area (Å²) < 4.78 is 30.3. The lowest BCUT2D eigenvalue weighted by Gasteiger charge is -2.30. The maximum absolute atomic E-state index is 13.5. The van der Waals surface area contributed by atoms with Gasteiger partial charge in [-0.1, -0.05) is 275 Å². The third-order valence-corrected chi connectivity index (χ3v) is 15.5. The second-order valence-corrected chi connectivity index (χ2v) is 24.7. The van der Waals surface area contributed by atoms with Crippen molar-refractivity contribution < 1.29 is 37.3 Å². The number of esters is 1. The Bertz CT molecular complexity index is 1440. The highest BCUT2D eigenvalue weighted by atomic mass is 31.2. The Morgan fingerprint density at radius 3 is 1.22 bits per heavy atom. The van der Waals surface area contributed by atoms with Crippen molar-refractivity contribution in [2.24, 2.45) is 0 Å². The number of hydrogen-bond acceptors (Lipinski definition) is 7. The predicted molar refractivity (Wildman–Crippen MR) is 326 cm³/mol. The zero-order valence-electron chi connectivity index (χ0n) is 51.0. The molecule has 10 heteroatoms. The molecule has 0 aromatic rings. The molecule has 0 saturated heterocycles. The zero-order chi connectivity index (χ0) is 55.7. The summed E-state index contributed by atoms with van der Waals surface area (Å²) in [6.45, 7) is 6.84. The first-order valence-corrected chi connectivity index (χ1v) is 33.9. The molecule has 1 amide bonds. The van der Waals surface area contributed by atoms with E-state index >= 15 is 0 Å². The number of unbranched alkanes of at least 4 members (excludes halogenated alkanes) is 37. The Kier molecular flexibility index (Phi) is 54.7. The smallest absolute Gasteiger partial charge is 0.306 e. The van der Waals surface area contributed by atoms with Gasteiger partial charge in [-0.25, -0.2) is 0 Å². The Morgan fingerprint density at radius 1 is 0.461 bits per heavy atom. The molecule has 76 heavy (non-hydrogen) atoms. The summed E-state index contributed by atoms with van der Waals surface area (Å²) in [7, 11) is 1.19. The number of phosphoric ester groups is 1. The van der Waals surface area contributed by atoms with E-state index in [1.54, 1.807) is 0 Å². The monoisotopic (exact) mass is 1090 g/mol. The molecule has 0 fully saturated rings. The summed E-state index contributed by atoms with van der Waals surface area (Å²) in [5.74, 6) is -0.534. The highest BCUT2D eigenvalue weighted by Crippen LogP contribution is 2.38. The topological polar surface area (TPSA) is 114 Å². The lowest BCUT2D eigenvalue weighted by Crippen LogP contribution is -2.47. The number of allylic oxidation sites excluding steroid dienone is 7. The molecule has 9 nitrogen and oxygen atoms in total. The zero-order valence-corrected chi connectivity index (χ0v) is 51.9. The van der Waals surface area contributed by atoms with E-state index in [4.69, 9.17) is 13.8 Å². The fourth-order valence-electron chi connectivity index (χ4n) is 9.47. The second kappa shape index (κ2) is 56.3. The van der Waals surface area contributed by atoms with Gasteiger partial charge in [-0.15, -0.1) is 0 Å². The molecule has 3 unspecified atom stereocenters. The van der Waals surface area contributed by atoms with E-state index < -0.39 is 20.0 Å². The van der Waals surface area contributed by atoms with Gasteiger partial charge in [-0.05, 0) is 70.3 Å². The van der Waals surface area contributed by atoms with Crippen LogP contribution in [0.5, 0.6) is 0 Å². The van der Waals surface area contributed by atoms with Gasteiger partial charge in [-0.3, -0.25) is 14.2 Å². The molecule has 0 spiro atoms. The van der Waals surface area contributed by atoms with Crippen molar-refractivity contribution in [3.05, 3.63) is 48.6 Å². The summed E-state index contributed by atoms with van der Waals surface area (Å²) in [5, 5.41) is 3.03. The largest absolute Gasteiger partial charge is 0.756 e. The van der Waals surface area contributed by atoms with Crippen LogP contribution in [-0.2, 0) is 27.9 Å². The Hall–Kier alpha value is -2.03. The van der Waals surface area contributed by atoms with Crippen molar-refractivity contribution in [2.75, 3.05) is 40.9 Å². The molecule has 0 rings (SSSR count). The molecule has 446 valence electrons. The van der Waals surface area contributed by atoms with E-state index in [2.05, 4.69) is 62.5 Å². The van der Waals surface area contributed by atoms with Gasteiger partial charge in [-0.2, -0.15) is 0 Å². The Morgan fingerprint density at radius 2 is 0.803 bits per heavy atom. The maximum Gasteiger partial charge on any atom is 0.306 e. The van der Waals surface area contributed by atoms with Crippen LogP contribution in [0.4, 0.5) is 0 Å². The molecule has 0 aliphatic rings. The van der Waals surface area contributed by atoms with Crippen LogP contribution in [0.2, 0.25) is 0 Å². The third kappa shape index (κ3) is 56.7. The summed E-state index contributed by atoms with van der Waals surface area (Å²) in [6.07, 6.45) is 69.3. The van der Waals surface area contributed by atoms with Crippen molar-refractivity contribution in [3.63, 3.8) is 0 Å². The average molecular weight is 1090 g/mol. The number of ether oxygens (including phenoxy) is 1. The summed E-state index contributed by atoms with van der Waals surface area (Å²) in [5.41, 5.74) is 0. The van der Waals surface area contributed by atoms with E-state index in [9.17, 15) is 19.0 Å². The number of rotatable bonds is 59. The van der Waals surface area contributed by atoms with Gasteiger partial charge in [0.25, 0.3) is 7.82 Å². The first-order chi connectivity index (χ1) is 36.9. The fourth-order valence-corrected chi connectivity index (χ4v) is 10.2. The molecular weight excluding hydrogens is 964 g/mol. The summed E-state index contributed by atoms with van der Waals surface area (Å²) in [4.78, 5) is 40.0. The standard InChI is InChI=1S/C66H125N2O7P/c1-7-10-13-16-19-22-25-27-29-31-32-33-34-35-36-37-39-41-44-47-50-53-56-59-66(70)75-64(57-54-51-48-45-42-24-21-18-15-12-9-3)63(62-74-76(71,72)73-61-60-68(4,5)6)67-65(69)58-55-52-49-46-43-40-38-30-28-26-23-20-17-14-11-8-2/h19,22,27,29,32-33,54,57,63-64H,7-18,20-21,23-26,28,30-31,34-53,55-56,58-62H2,1-6H3,(H-,67,69,71,72)/b22-19-,29-27-,33-32-,57-54+. The number of amides is 1. The quantitative estimate of drug-likeness (QED) is 0.0212. The van der Waals surface area contributed by atoms with Gasteiger partial charge in [0.05, 0.1) is 33.8 Å². The number of carbonyl (C=O) groups is 2. The van der Waals surface area contributed by atoms with E-state index in [0.717, 1.165) is 70.6 Å². The van der Waals surface area contributed by atoms with Crippen molar-refractivity contribution >= 4 is 19.7 Å². The van der Waals surface area contributed by atoms with Gasteiger partial charge in [0, 0.05) is 12.8 Å². The number of nitrogens with one attached hydrogen (secondary N) is 1. The van der Waals surface area contributed by atoms with Gasteiger partial charge in [0.2, 0.25) is 5.91 Å². The highest BCUT2D eigenvalue weighted by Gasteiger charge is 2.27. The van der Waals surface area contributed by atoms with Crippen LogP contribution in [0.3, 0.4) is 0 Å². The minimum Gasteiger partial charge on any atom is -0.756 e. The lowest BCUT2D eigenvalue weighted by atomic mass is 10.0. The average Bonchev–Trinajstić information content (AvgIpc) is 3.38. The van der Waals surface area contributed by atoms with E-state index in [1.165, 1.54) is 205 Å². The van der Waals surface area contributed by atoms with Gasteiger partial charge in [0.15, 0.2) is 0 Å². The van der Waals surface area contributed by atoms with Crippen LogP contribution in [-0.4, -0.2) is 69.4 Å². The molecule has 0 saturated carbocycles. The number of quaternary nitrogens is 1. The Labute approximate surface area is 471 Å². The van der Waals surface area contributed by atoms with E-state index in [1.807, 2.05) is 33.3 Å². The summed E-state index contributed by atoms with van der Waals surface area (Å²) in [6, 6.07) is -0.887. The number of nitrogens with zero attached hydrogens (tertiary/aromatic N) is 1. The molecule has 0 radical (unpaired) electrons. The molecule has 0 aliphatic carbocycles. The lowest BCUT2D eigenvalue weighted by molar-refractivity contribution is -0.870. The van der Waals surface area contributed by atoms with Crippen molar-refractivity contribution in [3.8, 4) is 0 Å². The highest BCUT2D eigenvalue weighted by molar-refractivity contribution is 7.45. The summed E-state index contributed by atoms with van der Waals surface area (Å²) >= 11 is 0. The molecule has 0 heterocycles. The van der Waals surface area contributed by atoms with E-state index in [0.29, 0.717) is 17.4 Å². The first-order valence-electron chi connectivity index (χ1n) is 32.4. The van der Waals surface area contributed by atoms with Crippen molar-refractivity contribution in [2.45, 2.75) is 322 Å². The van der Waals surface area contributed by atoms with E-state index in [-0.39, 0.29) is 31.5 Å². The van der Waals surface area contributed by atoms with Crippen molar-refractivity contribution in [1.29, 1.82) is 0 Å². The minimum atomic E-state index is -4.70. The Balaban J connectivity index is 5.12. The number of hydrogen-bond donors (Lipinski definition) is 1.